The normalized spacial score (nSPS) is 10.5. The van der Waals surface area contributed by atoms with Crippen LogP contribution in [0.2, 0.25) is 0 Å². The molecule has 0 atom stereocenters. The van der Waals surface area contributed by atoms with Gasteiger partial charge in [0.05, 0.1) is 10.9 Å². The van der Waals surface area contributed by atoms with Gasteiger partial charge in [0.2, 0.25) is 0 Å². The molecule has 1 aromatic carbocycles. The molecule has 1 heterocycles. The van der Waals surface area contributed by atoms with Crippen molar-refractivity contribution in [2.24, 2.45) is 7.05 Å². The summed E-state index contributed by atoms with van der Waals surface area (Å²) >= 11 is 0. The molecule has 0 spiro atoms. The second-order valence-corrected chi connectivity index (χ2v) is 3.16. The number of aromatic amines is 1. The number of hydrogen-bond acceptors (Lipinski definition) is 3. The van der Waals surface area contributed by atoms with Gasteiger partial charge in [0.25, 0.3) is 5.56 Å². The molecule has 0 fully saturated rings. The zero-order valence-electron chi connectivity index (χ0n) is 7.98. The van der Waals surface area contributed by atoms with E-state index in [1.54, 1.807) is 24.3 Å². The van der Waals surface area contributed by atoms with Crippen LogP contribution in [0.5, 0.6) is 0 Å². The van der Waals surface area contributed by atoms with Gasteiger partial charge in [-0.15, -0.1) is 0 Å². The van der Waals surface area contributed by atoms with Crippen molar-refractivity contribution in [1.29, 1.82) is 0 Å². The second-order valence-electron chi connectivity index (χ2n) is 3.16. The fourth-order valence-electron chi connectivity index (χ4n) is 1.44. The van der Waals surface area contributed by atoms with Crippen molar-refractivity contribution in [3.05, 3.63) is 55.3 Å². The van der Waals surface area contributed by atoms with Crippen molar-refractivity contribution in [1.82, 2.24) is 9.55 Å². The highest BCUT2D eigenvalue weighted by Gasteiger charge is 2.03. The lowest BCUT2D eigenvalue weighted by Gasteiger charge is -1.95. The van der Waals surface area contributed by atoms with Crippen LogP contribution in [-0.2, 0) is 7.05 Å². The van der Waals surface area contributed by atoms with Crippen LogP contribution in [0.4, 0.5) is 0 Å². The lowest BCUT2D eigenvalue weighted by atomic mass is 10.2. The van der Waals surface area contributed by atoms with Crippen molar-refractivity contribution in [3.8, 4) is 0 Å². The number of nitrogens with one attached hydrogen (secondary N) is 1. The summed E-state index contributed by atoms with van der Waals surface area (Å²) in [4.78, 5) is 36.1. The fourth-order valence-corrected chi connectivity index (χ4v) is 1.44. The van der Waals surface area contributed by atoms with E-state index >= 15 is 0 Å². The number of rotatable bonds is 0. The Bertz CT molecular complexity index is 697. The minimum atomic E-state index is -0.904. The maximum Gasteiger partial charge on any atom is 0.316 e. The lowest BCUT2D eigenvalue weighted by molar-refractivity contribution is 0.891. The number of fused-ring (bicyclic) bond motifs is 1. The minimum absolute atomic E-state index is 0.319. The van der Waals surface area contributed by atoms with E-state index in [1.165, 1.54) is 7.05 Å². The van der Waals surface area contributed by atoms with Crippen molar-refractivity contribution in [3.63, 3.8) is 0 Å². The van der Waals surface area contributed by atoms with Crippen LogP contribution in [0, 0.1) is 0 Å². The Labute approximate surface area is 83.6 Å². The maximum absolute atomic E-state index is 11.5. The molecule has 0 saturated carbocycles. The van der Waals surface area contributed by atoms with Crippen molar-refractivity contribution >= 4 is 10.9 Å². The Morgan fingerprint density at radius 1 is 1.07 bits per heavy atom. The zero-order chi connectivity index (χ0) is 11.0. The van der Waals surface area contributed by atoms with Crippen LogP contribution >= 0.6 is 0 Å². The van der Waals surface area contributed by atoms with Crippen LogP contribution in [0.3, 0.4) is 0 Å². The van der Waals surface area contributed by atoms with E-state index in [2.05, 4.69) is 0 Å². The van der Waals surface area contributed by atoms with Crippen LogP contribution in [0.25, 0.3) is 10.9 Å². The first kappa shape index (κ1) is 9.39. The monoisotopic (exact) mass is 204 g/mol. The molecule has 0 aliphatic carbocycles. The molecule has 1 N–H and O–H groups in total. The third-order valence-corrected chi connectivity index (χ3v) is 2.24. The van der Waals surface area contributed by atoms with Gasteiger partial charge in [-0.1, -0.05) is 12.1 Å². The molecule has 1 aromatic heterocycles. The van der Waals surface area contributed by atoms with Crippen LogP contribution in [0.1, 0.15) is 0 Å². The van der Waals surface area contributed by atoms with Gasteiger partial charge in [-0.05, 0) is 12.1 Å². The molecule has 0 amide bonds. The number of nitrogens with zero attached hydrogens (tertiary/aromatic N) is 1. The average molecular weight is 204 g/mol. The first-order valence-electron chi connectivity index (χ1n) is 4.33. The van der Waals surface area contributed by atoms with E-state index in [0.29, 0.717) is 10.9 Å². The van der Waals surface area contributed by atoms with Crippen molar-refractivity contribution in [2.45, 2.75) is 0 Å². The predicted octanol–water partition coefficient (Wildman–Crippen LogP) is -0.413. The number of para-hydroxylation sites is 1. The molecule has 0 saturated heterocycles. The number of aryl methyl sites for hydroxylation is 1. The number of hydrogen-bond donors (Lipinski definition) is 1. The number of benzene rings is 1. The lowest BCUT2D eigenvalue weighted by Crippen LogP contribution is -2.33. The summed E-state index contributed by atoms with van der Waals surface area (Å²) in [6, 6.07) is 6.55. The van der Waals surface area contributed by atoms with Gasteiger partial charge in [-0.25, -0.2) is 0 Å². The molecule has 0 aliphatic rings. The van der Waals surface area contributed by atoms with E-state index in [-0.39, 0.29) is 0 Å². The Balaban J connectivity index is 3.30. The smallest absolute Gasteiger partial charge is 0.306 e. The van der Waals surface area contributed by atoms with Crippen LogP contribution < -0.4 is 16.7 Å². The second kappa shape index (κ2) is 3.20. The van der Waals surface area contributed by atoms with E-state index in [4.69, 9.17) is 0 Å². The predicted molar refractivity (Wildman–Crippen MR) is 56.1 cm³/mol. The molecule has 0 bridgehead atoms. The summed E-state index contributed by atoms with van der Waals surface area (Å²) in [7, 11) is 1.46. The van der Waals surface area contributed by atoms with Gasteiger partial charge in [-0.2, -0.15) is 0 Å². The summed E-state index contributed by atoms with van der Waals surface area (Å²) in [5, 5.41) is 0.319. The Morgan fingerprint density at radius 2 is 1.73 bits per heavy atom. The standard InChI is InChI=1S/C10H8N2O3/c1-12-7-5-3-2-4-6(7)8(13)11-9(14)10(12)15/h2-5H,1H3,(H,11,13,14). The van der Waals surface area contributed by atoms with E-state index in [9.17, 15) is 14.4 Å². The SMILES string of the molecule is Cn1c(=O)c(=O)[nH]c(=O)c2ccccc21. The number of aromatic nitrogens is 2. The molecule has 5 heteroatoms. The van der Waals surface area contributed by atoms with Crippen LogP contribution in [-0.4, -0.2) is 9.55 Å². The summed E-state index contributed by atoms with van der Waals surface area (Å²) in [6.07, 6.45) is 0. The Hall–Kier alpha value is -2.17. The molecular weight excluding hydrogens is 196 g/mol. The quantitative estimate of drug-likeness (QED) is 0.593. The molecule has 2 aromatic rings. The topological polar surface area (TPSA) is 71.9 Å². The molecule has 0 radical (unpaired) electrons. The third-order valence-electron chi connectivity index (χ3n) is 2.24. The zero-order valence-corrected chi connectivity index (χ0v) is 7.98. The number of H-pyrrole nitrogens is 1. The summed E-state index contributed by atoms with van der Waals surface area (Å²) < 4.78 is 1.16. The molecule has 15 heavy (non-hydrogen) atoms. The molecular formula is C10H8N2O3. The largest absolute Gasteiger partial charge is 0.316 e. The van der Waals surface area contributed by atoms with Crippen LogP contribution in [0.15, 0.2) is 38.6 Å². The van der Waals surface area contributed by atoms with Gasteiger partial charge in [-0.3, -0.25) is 19.4 Å². The Kier molecular flexibility index (Phi) is 2.00. The summed E-state index contributed by atoms with van der Waals surface area (Å²) in [6.45, 7) is 0. The highest BCUT2D eigenvalue weighted by molar-refractivity contribution is 5.77. The minimum Gasteiger partial charge on any atom is -0.306 e. The summed E-state index contributed by atoms with van der Waals surface area (Å²) in [5.41, 5.74) is -1.76. The van der Waals surface area contributed by atoms with Gasteiger partial charge < -0.3 is 4.57 Å². The van der Waals surface area contributed by atoms with E-state index in [1.807, 2.05) is 4.98 Å². The van der Waals surface area contributed by atoms with Gasteiger partial charge in [0.1, 0.15) is 0 Å². The van der Waals surface area contributed by atoms with Crippen molar-refractivity contribution < 1.29 is 0 Å². The van der Waals surface area contributed by atoms with Gasteiger partial charge >= 0.3 is 11.1 Å². The fraction of sp³-hybridized carbons (Fsp3) is 0.100. The average Bonchev–Trinajstić information content (AvgIpc) is 2.33. The molecule has 0 aliphatic heterocycles. The highest BCUT2D eigenvalue weighted by atomic mass is 16.2. The first-order chi connectivity index (χ1) is 7.11. The van der Waals surface area contributed by atoms with Gasteiger partial charge in [0.15, 0.2) is 0 Å². The summed E-state index contributed by atoms with van der Waals surface area (Å²) in [5.74, 6) is 0. The molecule has 76 valence electrons. The Morgan fingerprint density at radius 3 is 2.47 bits per heavy atom. The van der Waals surface area contributed by atoms with Crippen molar-refractivity contribution in [2.75, 3.05) is 0 Å². The molecule has 2 rings (SSSR count). The maximum atomic E-state index is 11.5. The molecule has 5 nitrogen and oxygen atoms in total. The van der Waals surface area contributed by atoms with E-state index in [0.717, 1.165) is 4.57 Å². The van der Waals surface area contributed by atoms with Gasteiger partial charge in [0, 0.05) is 7.05 Å². The highest BCUT2D eigenvalue weighted by Crippen LogP contribution is 2.03. The van der Waals surface area contributed by atoms with E-state index < -0.39 is 16.7 Å². The molecule has 0 unspecified atom stereocenters. The first-order valence-corrected chi connectivity index (χ1v) is 4.33. The third kappa shape index (κ3) is 1.38.